The Morgan fingerprint density at radius 2 is 2.00 bits per heavy atom. The zero-order valence-electron chi connectivity index (χ0n) is 16.6. The van der Waals surface area contributed by atoms with Crippen molar-refractivity contribution in [2.24, 2.45) is 0 Å². The first-order valence-electron chi connectivity index (χ1n) is 10.2. The van der Waals surface area contributed by atoms with Crippen LogP contribution in [0.3, 0.4) is 0 Å². The van der Waals surface area contributed by atoms with Crippen LogP contribution in [0.2, 0.25) is 0 Å². The van der Waals surface area contributed by atoms with E-state index in [9.17, 15) is 14.4 Å². The Hall–Kier alpha value is -2.09. The van der Waals surface area contributed by atoms with Crippen LogP contribution in [0.1, 0.15) is 55.8 Å². The lowest BCUT2D eigenvalue weighted by Gasteiger charge is -2.35. The lowest BCUT2D eigenvalue weighted by molar-refractivity contribution is -0.153. The van der Waals surface area contributed by atoms with Crippen LogP contribution in [0.5, 0.6) is 5.75 Å². The maximum absolute atomic E-state index is 13.3. The Morgan fingerprint density at radius 3 is 2.72 bits per heavy atom. The van der Waals surface area contributed by atoms with Gasteiger partial charge in [-0.3, -0.25) is 14.4 Å². The Bertz CT molecular complexity index is 763. The van der Waals surface area contributed by atoms with Crippen LogP contribution in [-0.4, -0.2) is 54.5 Å². The number of piperazine rings is 1. The average molecular weight is 467 g/mol. The molecule has 1 atom stereocenters. The third-order valence-corrected chi connectivity index (χ3v) is 5.77. The second-order valence-electron chi connectivity index (χ2n) is 7.33. The van der Waals surface area contributed by atoms with E-state index in [1.807, 2.05) is 6.92 Å². The van der Waals surface area contributed by atoms with Crippen molar-refractivity contribution in [2.45, 2.75) is 57.6 Å². The van der Waals surface area contributed by atoms with Gasteiger partial charge in [-0.05, 0) is 50.8 Å². The van der Waals surface area contributed by atoms with E-state index in [1.165, 1.54) is 4.90 Å². The number of carbonyl (C=O) groups is 3. The monoisotopic (exact) mass is 466 g/mol. The molecule has 158 valence electrons. The zero-order chi connectivity index (χ0) is 20.8. The summed E-state index contributed by atoms with van der Waals surface area (Å²) in [5.41, 5.74) is 0.363. The Kier molecular flexibility index (Phi) is 7.52. The maximum Gasteiger partial charge on any atom is 0.308 e. The summed E-state index contributed by atoms with van der Waals surface area (Å²) in [4.78, 5) is 39.7. The summed E-state index contributed by atoms with van der Waals surface area (Å²) >= 11 is 3.38. The zero-order valence-corrected chi connectivity index (χ0v) is 18.2. The molecule has 1 aliphatic carbocycles. The Balaban J connectivity index is 1.75. The van der Waals surface area contributed by atoms with Crippen molar-refractivity contribution in [1.82, 2.24) is 10.2 Å². The van der Waals surface area contributed by atoms with Crippen LogP contribution in [0.15, 0.2) is 22.7 Å². The third-order valence-electron chi connectivity index (χ3n) is 5.27. The van der Waals surface area contributed by atoms with E-state index < -0.39 is 12.0 Å². The molecular formula is C21H27BrN2O5. The molecule has 2 amide bonds. The molecule has 29 heavy (non-hydrogen) atoms. The first-order valence-corrected chi connectivity index (χ1v) is 11.0. The van der Waals surface area contributed by atoms with Crippen LogP contribution < -0.4 is 10.1 Å². The third kappa shape index (κ3) is 5.50. The van der Waals surface area contributed by atoms with Gasteiger partial charge in [0, 0.05) is 17.6 Å². The van der Waals surface area contributed by atoms with E-state index in [-0.39, 0.29) is 24.3 Å². The van der Waals surface area contributed by atoms with E-state index in [1.54, 1.807) is 18.2 Å². The molecule has 2 aliphatic rings. The van der Waals surface area contributed by atoms with Crippen molar-refractivity contribution in [3.05, 3.63) is 28.2 Å². The van der Waals surface area contributed by atoms with Crippen molar-refractivity contribution in [2.75, 3.05) is 19.7 Å². The SMILES string of the molecule is CCOc1ccc(Br)cc1C(=O)N1CCNC(=O)C1CC(=O)OC1CCCCC1. The summed E-state index contributed by atoms with van der Waals surface area (Å²) < 4.78 is 11.9. The fourth-order valence-electron chi connectivity index (χ4n) is 3.84. The lowest BCUT2D eigenvalue weighted by atomic mass is 9.98. The summed E-state index contributed by atoms with van der Waals surface area (Å²) in [5.74, 6) is -0.649. The second-order valence-corrected chi connectivity index (χ2v) is 8.25. The van der Waals surface area contributed by atoms with Crippen molar-refractivity contribution in [3.8, 4) is 5.75 Å². The van der Waals surface area contributed by atoms with Crippen LogP contribution in [-0.2, 0) is 14.3 Å². The highest BCUT2D eigenvalue weighted by atomic mass is 79.9. The van der Waals surface area contributed by atoms with Crippen molar-refractivity contribution in [3.63, 3.8) is 0 Å². The molecule has 0 spiro atoms. The number of hydrogen-bond donors (Lipinski definition) is 1. The molecule has 0 radical (unpaired) electrons. The highest BCUT2D eigenvalue weighted by Crippen LogP contribution is 2.27. The average Bonchev–Trinajstić information content (AvgIpc) is 2.71. The number of hydrogen-bond acceptors (Lipinski definition) is 5. The molecule has 1 heterocycles. The summed E-state index contributed by atoms with van der Waals surface area (Å²) in [7, 11) is 0. The van der Waals surface area contributed by atoms with Gasteiger partial charge in [-0.2, -0.15) is 0 Å². The van der Waals surface area contributed by atoms with Crippen LogP contribution in [0, 0.1) is 0 Å². The molecule has 1 aromatic carbocycles. The molecule has 1 saturated carbocycles. The number of amides is 2. The highest BCUT2D eigenvalue weighted by molar-refractivity contribution is 9.10. The van der Waals surface area contributed by atoms with Gasteiger partial charge < -0.3 is 19.7 Å². The van der Waals surface area contributed by atoms with Gasteiger partial charge in [0.15, 0.2) is 0 Å². The predicted octanol–water partition coefficient (Wildman–Crippen LogP) is 3.05. The topological polar surface area (TPSA) is 84.9 Å². The molecule has 7 nitrogen and oxygen atoms in total. The number of esters is 1. The number of benzene rings is 1. The van der Waals surface area contributed by atoms with E-state index in [0.29, 0.717) is 31.0 Å². The van der Waals surface area contributed by atoms with Gasteiger partial charge >= 0.3 is 5.97 Å². The minimum Gasteiger partial charge on any atom is -0.493 e. The van der Waals surface area contributed by atoms with Gasteiger partial charge in [0.25, 0.3) is 5.91 Å². The number of ether oxygens (including phenoxy) is 2. The van der Waals surface area contributed by atoms with Gasteiger partial charge in [-0.25, -0.2) is 0 Å². The number of carbonyl (C=O) groups excluding carboxylic acids is 3. The standard InChI is InChI=1S/C21H27BrN2O5/c1-2-28-18-9-8-14(22)12-16(18)21(27)24-11-10-23-20(26)17(24)13-19(25)29-15-6-4-3-5-7-15/h8-9,12,15,17H,2-7,10-11,13H2,1H3,(H,23,26). The Labute approximate surface area is 179 Å². The summed E-state index contributed by atoms with van der Waals surface area (Å²) in [6, 6.07) is 4.30. The normalized spacial score (nSPS) is 20.1. The molecular weight excluding hydrogens is 440 g/mol. The van der Waals surface area contributed by atoms with Crippen molar-refractivity contribution in [1.29, 1.82) is 0 Å². The number of nitrogens with one attached hydrogen (secondary N) is 1. The molecule has 2 fully saturated rings. The van der Waals surface area contributed by atoms with Gasteiger partial charge in [0.05, 0.1) is 18.6 Å². The maximum atomic E-state index is 13.3. The minimum absolute atomic E-state index is 0.0818. The first kappa shape index (κ1) is 21.6. The summed E-state index contributed by atoms with van der Waals surface area (Å²) in [6.45, 7) is 2.93. The van der Waals surface area contributed by atoms with Crippen molar-refractivity contribution < 1.29 is 23.9 Å². The highest BCUT2D eigenvalue weighted by Gasteiger charge is 2.37. The van der Waals surface area contributed by atoms with Crippen molar-refractivity contribution >= 4 is 33.7 Å². The Morgan fingerprint density at radius 1 is 1.24 bits per heavy atom. The van der Waals surface area contributed by atoms with Gasteiger partial charge in [0.1, 0.15) is 17.9 Å². The van der Waals surface area contributed by atoms with Crippen LogP contribution in [0.4, 0.5) is 0 Å². The number of halogens is 1. The molecule has 0 aromatic heterocycles. The fourth-order valence-corrected chi connectivity index (χ4v) is 4.20. The predicted molar refractivity (Wildman–Crippen MR) is 111 cm³/mol. The van der Waals surface area contributed by atoms with Crippen LogP contribution >= 0.6 is 15.9 Å². The lowest BCUT2D eigenvalue weighted by Crippen LogP contribution is -2.58. The van der Waals surface area contributed by atoms with Gasteiger partial charge in [-0.1, -0.05) is 22.4 Å². The minimum atomic E-state index is -0.888. The molecule has 1 aliphatic heterocycles. The quantitative estimate of drug-likeness (QED) is 0.651. The number of rotatable bonds is 6. The molecule has 8 heteroatoms. The van der Waals surface area contributed by atoms with E-state index in [4.69, 9.17) is 9.47 Å². The molecule has 0 bridgehead atoms. The van der Waals surface area contributed by atoms with Crippen LogP contribution in [0.25, 0.3) is 0 Å². The van der Waals surface area contributed by atoms with Gasteiger partial charge in [-0.15, -0.1) is 0 Å². The molecule has 1 N–H and O–H groups in total. The first-order chi connectivity index (χ1) is 14.0. The fraction of sp³-hybridized carbons (Fsp3) is 0.571. The molecule has 3 rings (SSSR count). The van der Waals surface area contributed by atoms with Gasteiger partial charge in [0.2, 0.25) is 5.91 Å². The largest absolute Gasteiger partial charge is 0.493 e. The molecule has 1 unspecified atom stereocenters. The van der Waals surface area contributed by atoms with E-state index in [0.717, 1.165) is 36.6 Å². The smallest absolute Gasteiger partial charge is 0.308 e. The molecule has 1 aromatic rings. The van der Waals surface area contributed by atoms with E-state index >= 15 is 0 Å². The molecule has 1 saturated heterocycles. The second kappa shape index (κ2) is 10.1. The van der Waals surface area contributed by atoms with E-state index in [2.05, 4.69) is 21.2 Å². The summed E-state index contributed by atoms with van der Waals surface area (Å²) in [5, 5.41) is 2.75. The summed E-state index contributed by atoms with van der Waals surface area (Å²) in [6.07, 6.45) is 4.76. The number of nitrogens with zero attached hydrogens (tertiary/aromatic N) is 1.